The van der Waals surface area contributed by atoms with E-state index in [1.165, 1.54) is 5.57 Å². The number of hydrogen-bond acceptors (Lipinski definition) is 4. The molecule has 0 radical (unpaired) electrons. The van der Waals surface area contributed by atoms with Crippen LogP contribution in [0.25, 0.3) is 0 Å². The van der Waals surface area contributed by atoms with E-state index in [0.29, 0.717) is 15.3 Å². The van der Waals surface area contributed by atoms with Gasteiger partial charge in [-0.3, -0.25) is 10.3 Å². The number of benzene rings is 1. The molecule has 2 unspecified atom stereocenters. The van der Waals surface area contributed by atoms with Crippen LogP contribution in [0.15, 0.2) is 29.5 Å². The Labute approximate surface area is 151 Å². The molecule has 0 spiro atoms. The van der Waals surface area contributed by atoms with E-state index in [4.69, 9.17) is 28.0 Å². The Balaban J connectivity index is 2.06. The van der Waals surface area contributed by atoms with Crippen LogP contribution < -0.4 is 5.48 Å². The Morgan fingerprint density at radius 2 is 2.13 bits per heavy atom. The molecule has 0 saturated carbocycles. The normalized spacial score (nSPS) is 32.0. The molecule has 2 fully saturated rings. The Morgan fingerprint density at radius 3 is 2.78 bits per heavy atom. The van der Waals surface area contributed by atoms with Gasteiger partial charge >= 0.3 is 0 Å². The van der Waals surface area contributed by atoms with E-state index in [-0.39, 0.29) is 17.3 Å². The van der Waals surface area contributed by atoms with Crippen LogP contribution in [0.3, 0.4) is 0 Å². The molecule has 2 aliphatic rings. The lowest BCUT2D eigenvalue weighted by Gasteiger charge is -2.34. The number of thioether (sulfide) groups is 1. The Bertz CT molecular complexity index is 623. The van der Waals surface area contributed by atoms with E-state index in [1.54, 1.807) is 7.11 Å². The summed E-state index contributed by atoms with van der Waals surface area (Å²) in [6.07, 6.45) is 2.38. The number of nitrogens with one attached hydrogen (secondary N) is 1. The van der Waals surface area contributed by atoms with Crippen molar-refractivity contribution in [2.45, 2.75) is 48.7 Å². The highest BCUT2D eigenvalue weighted by atomic mass is 35.5. The van der Waals surface area contributed by atoms with Crippen LogP contribution in [0.2, 0.25) is 10.0 Å². The van der Waals surface area contributed by atoms with Crippen molar-refractivity contribution in [2.75, 3.05) is 7.11 Å². The highest BCUT2D eigenvalue weighted by Gasteiger charge is 2.45. The molecule has 4 atom stereocenters. The first-order valence-electron chi connectivity index (χ1n) is 7.85. The first kappa shape index (κ1) is 17.4. The van der Waals surface area contributed by atoms with Crippen LogP contribution in [0.1, 0.15) is 37.7 Å². The highest BCUT2D eigenvalue weighted by Crippen LogP contribution is 2.53. The van der Waals surface area contributed by atoms with Crippen molar-refractivity contribution in [1.29, 1.82) is 0 Å². The van der Waals surface area contributed by atoms with Crippen LogP contribution >= 0.6 is 35.0 Å². The number of fused-ring (bicyclic) bond motifs is 2. The standard InChI is InChI=1S/C17H21Cl2NO2S/c1-3-14(20-22-2)16-11(7-10-8-15(21)17(16)23-10)9-4-5-12(18)13(19)6-9/h4-6,10-11,15,17,20-21H,3,7-8H2,1-2H3/t10?,11-,15?,17-/m1/s1. The Kier molecular flexibility index (Phi) is 5.49. The topological polar surface area (TPSA) is 41.5 Å². The van der Waals surface area contributed by atoms with Crippen LogP contribution in [-0.2, 0) is 4.84 Å². The molecule has 1 aromatic rings. The first-order valence-corrected chi connectivity index (χ1v) is 9.55. The molecule has 2 heterocycles. The highest BCUT2D eigenvalue weighted by molar-refractivity contribution is 8.01. The molecule has 23 heavy (non-hydrogen) atoms. The fourth-order valence-electron chi connectivity index (χ4n) is 3.65. The predicted octanol–water partition coefficient (Wildman–Crippen LogP) is 4.53. The number of hydroxylamine groups is 1. The summed E-state index contributed by atoms with van der Waals surface area (Å²) < 4.78 is 0. The van der Waals surface area contributed by atoms with E-state index in [1.807, 2.05) is 30.0 Å². The molecular weight excluding hydrogens is 353 g/mol. The van der Waals surface area contributed by atoms with Crippen molar-refractivity contribution in [1.82, 2.24) is 5.48 Å². The van der Waals surface area contributed by atoms with Gasteiger partial charge in [0, 0.05) is 16.9 Å². The molecule has 0 aliphatic carbocycles. The summed E-state index contributed by atoms with van der Waals surface area (Å²) in [5.74, 6) is 0.232. The summed E-state index contributed by atoms with van der Waals surface area (Å²) in [5, 5.41) is 12.2. The second-order valence-corrected chi connectivity index (χ2v) is 8.30. The van der Waals surface area contributed by atoms with E-state index in [9.17, 15) is 5.11 Å². The maximum atomic E-state index is 10.5. The summed E-state index contributed by atoms with van der Waals surface area (Å²) >= 11 is 14.2. The fraction of sp³-hybridized carbons (Fsp3) is 0.529. The molecular formula is C17H21Cl2NO2S. The fourth-order valence-corrected chi connectivity index (χ4v) is 5.73. The zero-order valence-corrected chi connectivity index (χ0v) is 15.5. The Morgan fingerprint density at radius 1 is 1.35 bits per heavy atom. The van der Waals surface area contributed by atoms with Gasteiger partial charge in [-0.1, -0.05) is 36.2 Å². The predicted molar refractivity (Wildman–Crippen MR) is 97.1 cm³/mol. The molecule has 3 rings (SSSR count). The smallest absolute Gasteiger partial charge is 0.0708 e. The van der Waals surface area contributed by atoms with Crippen molar-refractivity contribution < 1.29 is 9.94 Å². The third kappa shape index (κ3) is 3.38. The quantitative estimate of drug-likeness (QED) is 0.760. The third-order valence-corrected chi connectivity index (χ3v) is 7.02. The molecule has 126 valence electrons. The van der Waals surface area contributed by atoms with Crippen LogP contribution in [0.4, 0.5) is 0 Å². The number of allylic oxidation sites excluding steroid dienone is 1. The molecule has 6 heteroatoms. The largest absolute Gasteiger partial charge is 0.392 e. The van der Waals surface area contributed by atoms with Crippen molar-refractivity contribution in [3.63, 3.8) is 0 Å². The van der Waals surface area contributed by atoms with Gasteiger partial charge in [0.15, 0.2) is 0 Å². The average Bonchev–Trinajstić information content (AvgIpc) is 2.83. The summed E-state index contributed by atoms with van der Waals surface area (Å²) in [5.41, 5.74) is 6.47. The summed E-state index contributed by atoms with van der Waals surface area (Å²) in [6, 6.07) is 5.85. The summed E-state index contributed by atoms with van der Waals surface area (Å²) in [4.78, 5) is 5.17. The second-order valence-electron chi connectivity index (χ2n) is 6.04. The van der Waals surface area contributed by atoms with E-state index in [0.717, 1.165) is 30.5 Å². The molecule has 2 saturated heterocycles. The summed E-state index contributed by atoms with van der Waals surface area (Å²) in [7, 11) is 1.62. The van der Waals surface area contributed by atoms with Gasteiger partial charge in [-0.05, 0) is 42.5 Å². The van der Waals surface area contributed by atoms with Gasteiger partial charge in [0.2, 0.25) is 0 Å². The molecule has 1 aromatic carbocycles. The van der Waals surface area contributed by atoms with Gasteiger partial charge < -0.3 is 5.11 Å². The SMILES string of the molecule is CCC(NOC)=C1[C@@H](c2ccc(Cl)c(Cl)c2)CC2CC(O)[C@H]1S2. The zero-order valence-electron chi connectivity index (χ0n) is 13.2. The van der Waals surface area contributed by atoms with Gasteiger partial charge in [0.05, 0.1) is 28.5 Å². The van der Waals surface area contributed by atoms with Gasteiger partial charge in [-0.2, -0.15) is 0 Å². The molecule has 3 nitrogen and oxygen atoms in total. The minimum Gasteiger partial charge on any atom is -0.392 e. The maximum Gasteiger partial charge on any atom is 0.0708 e. The number of aliphatic hydroxyl groups excluding tert-OH is 1. The first-order chi connectivity index (χ1) is 11.0. The maximum absolute atomic E-state index is 10.5. The lowest BCUT2D eigenvalue weighted by atomic mass is 9.84. The Hall–Kier alpha value is -0.390. The molecule has 2 N–H and O–H groups in total. The molecule has 0 aromatic heterocycles. The number of halogens is 2. The van der Waals surface area contributed by atoms with Crippen LogP contribution in [0, 0.1) is 0 Å². The van der Waals surface area contributed by atoms with E-state index < -0.39 is 0 Å². The second kappa shape index (κ2) is 7.24. The van der Waals surface area contributed by atoms with Crippen LogP contribution in [-0.4, -0.2) is 28.8 Å². The lowest BCUT2D eigenvalue weighted by Crippen LogP contribution is -2.29. The number of hydrogen-bond donors (Lipinski definition) is 2. The molecule has 2 aliphatic heterocycles. The van der Waals surface area contributed by atoms with Crippen molar-refractivity contribution in [3.05, 3.63) is 45.1 Å². The zero-order chi connectivity index (χ0) is 16.6. The van der Waals surface area contributed by atoms with E-state index >= 15 is 0 Å². The van der Waals surface area contributed by atoms with Gasteiger partial charge in [-0.25, -0.2) is 0 Å². The molecule has 0 amide bonds. The van der Waals surface area contributed by atoms with Gasteiger partial charge in [0.25, 0.3) is 0 Å². The number of aliphatic hydroxyl groups is 1. The number of rotatable bonds is 4. The third-order valence-electron chi connectivity index (χ3n) is 4.65. The van der Waals surface area contributed by atoms with Crippen molar-refractivity contribution in [3.8, 4) is 0 Å². The monoisotopic (exact) mass is 373 g/mol. The summed E-state index contributed by atoms with van der Waals surface area (Å²) in [6.45, 7) is 2.10. The lowest BCUT2D eigenvalue weighted by molar-refractivity contribution is 0.113. The van der Waals surface area contributed by atoms with Gasteiger partial charge in [0.1, 0.15) is 0 Å². The van der Waals surface area contributed by atoms with Crippen molar-refractivity contribution in [2.24, 2.45) is 0 Å². The minimum absolute atomic E-state index is 0.116. The average molecular weight is 374 g/mol. The van der Waals surface area contributed by atoms with Crippen LogP contribution in [0.5, 0.6) is 0 Å². The molecule has 2 bridgehead atoms. The minimum atomic E-state index is -0.298. The van der Waals surface area contributed by atoms with Gasteiger partial charge in [-0.15, -0.1) is 11.8 Å². The van der Waals surface area contributed by atoms with Crippen molar-refractivity contribution >= 4 is 35.0 Å². The van der Waals surface area contributed by atoms with E-state index in [2.05, 4.69) is 12.4 Å².